The number of alkyl halides is 3. The first kappa shape index (κ1) is 26.4. The number of nitrogens with one attached hydrogen (secondary N) is 2. The van der Waals surface area contributed by atoms with Gasteiger partial charge in [-0.25, -0.2) is 9.67 Å². The number of aryl methyl sites for hydroxylation is 1. The van der Waals surface area contributed by atoms with Crippen LogP contribution in [-0.4, -0.2) is 32.1 Å². The molecule has 3 aromatic rings. The van der Waals surface area contributed by atoms with Crippen LogP contribution in [0.1, 0.15) is 51.9 Å². The van der Waals surface area contributed by atoms with Crippen molar-refractivity contribution < 1.29 is 22.8 Å². The van der Waals surface area contributed by atoms with Gasteiger partial charge in [0.15, 0.2) is 11.5 Å². The minimum atomic E-state index is -4.85. The molecule has 0 radical (unpaired) electrons. The van der Waals surface area contributed by atoms with Gasteiger partial charge in [-0.3, -0.25) is 9.59 Å². The highest BCUT2D eigenvalue weighted by atomic mass is 35.5. The zero-order valence-electron chi connectivity index (χ0n) is 19.5. The Balaban J connectivity index is 1.75. The third kappa shape index (κ3) is 5.40. The fourth-order valence-electron chi connectivity index (χ4n) is 3.83. The summed E-state index contributed by atoms with van der Waals surface area (Å²) in [4.78, 5) is 30.5. The van der Waals surface area contributed by atoms with Gasteiger partial charge in [0, 0.05) is 17.3 Å². The van der Waals surface area contributed by atoms with Crippen LogP contribution in [0.5, 0.6) is 0 Å². The lowest BCUT2D eigenvalue weighted by Gasteiger charge is -2.24. The van der Waals surface area contributed by atoms with Gasteiger partial charge >= 0.3 is 6.18 Å². The summed E-state index contributed by atoms with van der Waals surface area (Å²) in [6, 6.07) is 8.32. The average molecular weight is 551 g/mol. The van der Waals surface area contributed by atoms with E-state index in [-0.39, 0.29) is 33.0 Å². The maximum absolute atomic E-state index is 13.5. The molecular formula is C24H19Cl2F3N6O2. The van der Waals surface area contributed by atoms with E-state index in [0.717, 1.165) is 12.8 Å². The molecule has 2 heterocycles. The van der Waals surface area contributed by atoms with Crippen molar-refractivity contribution in [3.05, 3.63) is 69.1 Å². The van der Waals surface area contributed by atoms with Crippen molar-refractivity contribution in [3.63, 3.8) is 0 Å². The summed E-state index contributed by atoms with van der Waals surface area (Å²) in [5.41, 5.74) is -2.67. The minimum absolute atomic E-state index is 0.0106. The van der Waals surface area contributed by atoms with E-state index in [4.69, 9.17) is 23.2 Å². The topological polar surface area (TPSA) is 113 Å². The molecule has 2 amide bonds. The number of pyridine rings is 1. The van der Waals surface area contributed by atoms with E-state index in [1.165, 1.54) is 30.5 Å². The van der Waals surface area contributed by atoms with Crippen molar-refractivity contribution >= 4 is 40.7 Å². The number of nitriles is 1. The monoisotopic (exact) mass is 550 g/mol. The quantitative estimate of drug-likeness (QED) is 0.416. The molecule has 37 heavy (non-hydrogen) atoms. The van der Waals surface area contributed by atoms with Gasteiger partial charge in [0.1, 0.15) is 11.2 Å². The molecule has 0 bridgehead atoms. The second-order valence-electron chi connectivity index (χ2n) is 8.78. The lowest BCUT2D eigenvalue weighted by molar-refractivity contribution is -0.141. The van der Waals surface area contributed by atoms with Crippen molar-refractivity contribution in [2.24, 2.45) is 5.92 Å². The first-order valence-corrected chi connectivity index (χ1v) is 11.7. The standard InChI is InChI=1S/C24H19Cl2F3N6O2/c1-12-8-14(25)9-15(21(36)33-23(2,11-30)13-5-6-13)19(12)32-22(37)17-10-18(24(27,28)29)34-35(17)20-16(26)4-3-7-31-20/h3-4,7-10,13H,5-6H2,1-2H3,(H,32,37)(H,33,36). The van der Waals surface area contributed by atoms with Gasteiger partial charge in [-0.1, -0.05) is 23.2 Å². The summed E-state index contributed by atoms with van der Waals surface area (Å²) in [5.74, 6) is -1.88. The fourth-order valence-corrected chi connectivity index (χ4v) is 4.30. The van der Waals surface area contributed by atoms with Crippen LogP contribution in [0.15, 0.2) is 36.5 Å². The smallest absolute Gasteiger partial charge is 0.334 e. The molecular weight excluding hydrogens is 532 g/mol. The summed E-state index contributed by atoms with van der Waals surface area (Å²) >= 11 is 12.3. The number of carbonyl (C=O) groups excluding carboxylic acids is 2. The molecule has 4 rings (SSSR count). The maximum Gasteiger partial charge on any atom is 0.435 e. The first-order valence-electron chi connectivity index (χ1n) is 11.0. The summed E-state index contributed by atoms with van der Waals surface area (Å²) in [5, 5.41) is 18.5. The van der Waals surface area contributed by atoms with Crippen molar-refractivity contribution in [1.29, 1.82) is 5.26 Å². The summed E-state index contributed by atoms with van der Waals surface area (Å²) in [6.45, 7) is 3.17. The van der Waals surface area contributed by atoms with Crippen LogP contribution in [0.2, 0.25) is 10.0 Å². The lowest BCUT2D eigenvalue weighted by Crippen LogP contribution is -2.47. The Labute approximate surface area is 219 Å². The fraction of sp³-hybridized carbons (Fsp3) is 0.292. The third-order valence-electron chi connectivity index (χ3n) is 5.95. The van der Waals surface area contributed by atoms with Crippen molar-refractivity contribution in [2.75, 3.05) is 5.32 Å². The van der Waals surface area contributed by atoms with Crippen LogP contribution in [0.25, 0.3) is 5.82 Å². The molecule has 1 atom stereocenters. The van der Waals surface area contributed by atoms with Gasteiger partial charge in [-0.2, -0.15) is 23.5 Å². The normalized spacial score (nSPS) is 15.0. The van der Waals surface area contributed by atoms with Crippen molar-refractivity contribution in [2.45, 2.75) is 38.4 Å². The molecule has 2 aromatic heterocycles. The van der Waals surface area contributed by atoms with Crippen LogP contribution in [-0.2, 0) is 6.18 Å². The molecule has 13 heteroatoms. The Kier molecular flexibility index (Phi) is 6.92. The Morgan fingerprint density at radius 1 is 1.19 bits per heavy atom. The molecule has 1 unspecified atom stereocenters. The van der Waals surface area contributed by atoms with E-state index in [2.05, 4.69) is 26.8 Å². The highest BCUT2D eigenvalue weighted by Gasteiger charge is 2.43. The van der Waals surface area contributed by atoms with E-state index in [1.54, 1.807) is 13.8 Å². The molecule has 0 spiro atoms. The molecule has 0 saturated heterocycles. The van der Waals surface area contributed by atoms with Crippen LogP contribution in [0.4, 0.5) is 18.9 Å². The van der Waals surface area contributed by atoms with Gasteiger partial charge in [-0.05, 0) is 62.4 Å². The number of aromatic nitrogens is 3. The van der Waals surface area contributed by atoms with E-state index >= 15 is 0 Å². The number of hydrogen-bond donors (Lipinski definition) is 2. The average Bonchev–Trinajstić information content (AvgIpc) is 3.59. The van der Waals surface area contributed by atoms with Crippen LogP contribution >= 0.6 is 23.2 Å². The van der Waals surface area contributed by atoms with Gasteiger partial charge < -0.3 is 10.6 Å². The number of rotatable bonds is 6. The van der Waals surface area contributed by atoms with Crippen molar-refractivity contribution in [1.82, 2.24) is 20.1 Å². The molecule has 1 aliphatic rings. The summed E-state index contributed by atoms with van der Waals surface area (Å²) < 4.78 is 41.1. The number of halogens is 5. The largest absolute Gasteiger partial charge is 0.435 e. The van der Waals surface area contributed by atoms with E-state index in [1.807, 2.05) is 0 Å². The number of anilines is 1. The predicted molar refractivity (Wildman–Crippen MR) is 130 cm³/mol. The van der Waals surface area contributed by atoms with Gasteiger partial charge in [0.25, 0.3) is 11.8 Å². The highest BCUT2D eigenvalue weighted by molar-refractivity contribution is 6.32. The number of amides is 2. The van der Waals surface area contributed by atoms with Crippen LogP contribution < -0.4 is 10.6 Å². The number of carbonyl (C=O) groups is 2. The van der Waals surface area contributed by atoms with Gasteiger partial charge in [0.05, 0.1) is 22.3 Å². The minimum Gasteiger partial charge on any atom is -0.334 e. The van der Waals surface area contributed by atoms with Crippen LogP contribution in [0, 0.1) is 24.2 Å². The van der Waals surface area contributed by atoms with Crippen molar-refractivity contribution in [3.8, 4) is 11.9 Å². The highest BCUT2D eigenvalue weighted by Crippen LogP contribution is 2.39. The number of benzene rings is 1. The Hall–Kier alpha value is -3.62. The molecule has 192 valence electrons. The summed E-state index contributed by atoms with van der Waals surface area (Å²) in [6.07, 6.45) is -2.00. The third-order valence-corrected chi connectivity index (χ3v) is 6.47. The second-order valence-corrected chi connectivity index (χ2v) is 9.62. The molecule has 8 nitrogen and oxygen atoms in total. The Morgan fingerprint density at radius 3 is 2.49 bits per heavy atom. The SMILES string of the molecule is Cc1cc(Cl)cc(C(=O)NC(C)(C#N)C2CC2)c1NC(=O)c1cc(C(F)(F)F)nn1-c1ncccc1Cl. The van der Waals surface area contributed by atoms with E-state index in [9.17, 15) is 28.0 Å². The summed E-state index contributed by atoms with van der Waals surface area (Å²) in [7, 11) is 0. The molecule has 1 fully saturated rings. The lowest BCUT2D eigenvalue weighted by atomic mass is 9.96. The maximum atomic E-state index is 13.5. The van der Waals surface area contributed by atoms with Gasteiger partial charge in [0.2, 0.25) is 0 Å². The van der Waals surface area contributed by atoms with Gasteiger partial charge in [-0.15, -0.1) is 0 Å². The molecule has 1 aliphatic carbocycles. The Morgan fingerprint density at radius 2 is 1.89 bits per heavy atom. The molecule has 1 aromatic carbocycles. The molecule has 0 aliphatic heterocycles. The van der Waals surface area contributed by atoms with E-state index < -0.39 is 34.9 Å². The number of hydrogen-bond acceptors (Lipinski definition) is 5. The number of nitrogens with zero attached hydrogens (tertiary/aromatic N) is 4. The molecule has 1 saturated carbocycles. The second kappa shape index (κ2) is 9.68. The molecule has 2 N–H and O–H groups in total. The van der Waals surface area contributed by atoms with Crippen LogP contribution in [0.3, 0.4) is 0 Å². The first-order chi connectivity index (χ1) is 17.3. The Bertz CT molecular complexity index is 1450. The predicted octanol–water partition coefficient (Wildman–Crippen LogP) is 5.58. The van der Waals surface area contributed by atoms with E-state index in [0.29, 0.717) is 16.3 Å². The zero-order valence-corrected chi connectivity index (χ0v) is 21.0. The zero-order chi connectivity index (χ0) is 27.1.